The fourth-order valence-electron chi connectivity index (χ4n) is 3.89. The van der Waals surface area contributed by atoms with E-state index >= 15 is 0 Å². The zero-order valence-electron chi connectivity index (χ0n) is 12.1. The first-order chi connectivity index (χ1) is 10.3. The van der Waals surface area contributed by atoms with Gasteiger partial charge in [0.15, 0.2) is 5.76 Å². The van der Waals surface area contributed by atoms with E-state index in [1.807, 2.05) is 18.2 Å². The van der Waals surface area contributed by atoms with Gasteiger partial charge in [-0.3, -0.25) is 4.90 Å². The molecule has 2 saturated heterocycles. The van der Waals surface area contributed by atoms with Crippen LogP contribution in [0.1, 0.15) is 31.4 Å². The molecule has 2 atom stereocenters. The van der Waals surface area contributed by atoms with Crippen LogP contribution in [0.25, 0.3) is 11.3 Å². The van der Waals surface area contributed by atoms with Crippen LogP contribution in [0.2, 0.25) is 0 Å². The van der Waals surface area contributed by atoms with Gasteiger partial charge in [0.2, 0.25) is 0 Å². The quantitative estimate of drug-likeness (QED) is 0.941. The Bertz CT molecular complexity index is 596. The molecule has 4 nitrogen and oxygen atoms in total. The van der Waals surface area contributed by atoms with Crippen LogP contribution in [-0.2, 0) is 6.54 Å². The number of hydrogen-bond donors (Lipinski definition) is 1. The summed E-state index contributed by atoms with van der Waals surface area (Å²) in [4.78, 5) is 2.57. The van der Waals surface area contributed by atoms with Crippen LogP contribution in [-0.4, -0.2) is 28.2 Å². The van der Waals surface area contributed by atoms with E-state index in [1.54, 1.807) is 0 Å². The van der Waals surface area contributed by atoms with Crippen LogP contribution < -0.4 is 5.73 Å². The van der Waals surface area contributed by atoms with Crippen molar-refractivity contribution in [2.24, 2.45) is 5.73 Å². The second-order valence-electron chi connectivity index (χ2n) is 6.33. The number of nitrogens with two attached hydrogens (primary N) is 1. The van der Waals surface area contributed by atoms with E-state index in [9.17, 15) is 0 Å². The highest BCUT2D eigenvalue weighted by Crippen LogP contribution is 2.36. The van der Waals surface area contributed by atoms with Gasteiger partial charge in [0.25, 0.3) is 0 Å². The molecule has 2 N–H and O–H groups in total. The van der Waals surface area contributed by atoms with Gasteiger partial charge in [0.05, 0.1) is 6.54 Å². The van der Waals surface area contributed by atoms with Gasteiger partial charge in [-0.15, -0.1) is 0 Å². The monoisotopic (exact) mass is 283 g/mol. The van der Waals surface area contributed by atoms with Gasteiger partial charge in [-0.1, -0.05) is 35.5 Å². The largest absolute Gasteiger partial charge is 0.359 e. The fraction of sp³-hybridized carbons (Fsp3) is 0.471. The maximum absolute atomic E-state index is 6.13. The lowest BCUT2D eigenvalue weighted by Crippen LogP contribution is -2.46. The van der Waals surface area contributed by atoms with Crippen LogP contribution in [0.4, 0.5) is 0 Å². The van der Waals surface area contributed by atoms with Gasteiger partial charge in [0.1, 0.15) is 5.69 Å². The molecule has 2 aliphatic rings. The summed E-state index contributed by atoms with van der Waals surface area (Å²) >= 11 is 0. The summed E-state index contributed by atoms with van der Waals surface area (Å²) in [5.74, 6) is 0.959. The molecule has 3 heterocycles. The van der Waals surface area contributed by atoms with Crippen LogP contribution in [0, 0.1) is 0 Å². The smallest absolute Gasteiger partial charge is 0.151 e. The molecule has 2 unspecified atom stereocenters. The number of hydrogen-bond acceptors (Lipinski definition) is 4. The Balaban J connectivity index is 1.50. The number of benzene rings is 1. The van der Waals surface area contributed by atoms with Crippen molar-refractivity contribution < 1.29 is 4.52 Å². The van der Waals surface area contributed by atoms with Crippen molar-refractivity contribution in [2.45, 2.75) is 50.4 Å². The number of aromatic nitrogens is 1. The van der Waals surface area contributed by atoms with Crippen molar-refractivity contribution in [3.8, 4) is 11.3 Å². The molecule has 2 aromatic rings. The lowest BCUT2D eigenvalue weighted by Gasteiger charge is -2.36. The molecule has 1 aromatic carbocycles. The van der Waals surface area contributed by atoms with Crippen molar-refractivity contribution in [3.05, 3.63) is 42.2 Å². The average molecular weight is 283 g/mol. The fourth-order valence-corrected chi connectivity index (χ4v) is 3.89. The molecule has 0 aliphatic carbocycles. The normalized spacial score (nSPS) is 28.9. The van der Waals surface area contributed by atoms with Crippen molar-refractivity contribution in [1.82, 2.24) is 10.1 Å². The topological polar surface area (TPSA) is 55.3 Å². The Labute approximate surface area is 124 Å². The first kappa shape index (κ1) is 13.0. The molecule has 110 valence electrons. The van der Waals surface area contributed by atoms with Crippen LogP contribution >= 0.6 is 0 Å². The van der Waals surface area contributed by atoms with E-state index in [0.717, 1.165) is 36.4 Å². The molecule has 21 heavy (non-hydrogen) atoms. The first-order valence-electron chi connectivity index (χ1n) is 7.82. The summed E-state index contributed by atoms with van der Waals surface area (Å²) in [6.07, 6.45) is 4.79. The molecule has 0 spiro atoms. The minimum Gasteiger partial charge on any atom is -0.359 e. The molecular weight excluding hydrogens is 262 g/mol. The summed E-state index contributed by atoms with van der Waals surface area (Å²) in [7, 11) is 0. The Morgan fingerprint density at radius 3 is 2.57 bits per heavy atom. The van der Waals surface area contributed by atoms with Gasteiger partial charge in [-0.25, -0.2) is 0 Å². The van der Waals surface area contributed by atoms with Crippen LogP contribution in [0.15, 0.2) is 40.9 Å². The van der Waals surface area contributed by atoms with Gasteiger partial charge in [0, 0.05) is 29.8 Å². The molecule has 0 amide bonds. The second-order valence-corrected chi connectivity index (χ2v) is 6.33. The molecular formula is C17H21N3O. The molecule has 0 radical (unpaired) electrons. The van der Waals surface area contributed by atoms with Gasteiger partial charge >= 0.3 is 0 Å². The van der Waals surface area contributed by atoms with E-state index in [2.05, 4.69) is 28.3 Å². The molecule has 4 heteroatoms. The third kappa shape index (κ3) is 2.49. The van der Waals surface area contributed by atoms with E-state index in [1.165, 1.54) is 12.8 Å². The lowest BCUT2D eigenvalue weighted by atomic mass is 9.98. The average Bonchev–Trinajstić information content (AvgIpc) is 3.05. The van der Waals surface area contributed by atoms with Gasteiger partial charge in [-0.05, 0) is 25.7 Å². The number of piperidine rings is 1. The lowest BCUT2D eigenvalue weighted by molar-refractivity contribution is 0.108. The molecule has 2 bridgehead atoms. The van der Waals surface area contributed by atoms with Crippen molar-refractivity contribution in [2.75, 3.05) is 0 Å². The molecule has 2 fully saturated rings. The highest BCUT2D eigenvalue weighted by Gasteiger charge is 2.39. The predicted molar refractivity (Wildman–Crippen MR) is 81.5 cm³/mol. The third-order valence-corrected chi connectivity index (χ3v) is 4.89. The highest BCUT2D eigenvalue weighted by atomic mass is 16.5. The molecule has 1 aromatic heterocycles. The number of rotatable bonds is 3. The minimum atomic E-state index is 0.383. The summed E-state index contributed by atoms with van der Waals surface area (Å²) in [6, 6.07) is 13.9. The summed E-state index contributed by atoms with van der Waals surface area (Å²) in [5, 5.41) is 4.21. The van der Waals surface area contributed by atoms with Crippen LogP contribution in [0.5, 0.6) is 0 Å². The number of fused-ring (bicyclic) bond motifs is 2. The zero-order valence-corrected chi connectivity index (χ0v) is 12.1. The van der Waals surface area contributed by atoms with E-state index < -0.39 is 0 Å². The standard InChI is InChI=1S/C17H21N3O/c18-13-8-14-6-7-15(9-13)20(14)11-16-10-17(19-21-16)12-4-2-1-3-5-12/h1-5,10,13-15H,6-9,11,18H2. The third-order valence-electron chi connectivity index (χ3n) is 4.89. The Hall–Kier alpha value is -1.65. The van der Waals surface area contributed by atoms with E-state index in [0.29, 0.717) is 18.1 Å². The Morgan fingerprint density at radius 2 is 1.86 bits per heavy atom. The molecule has 4 rings (SSSR count). The van der Waals surface area contributed by atoms with Crippen molar-refractivity contribution in [3.63, 3.8) is 0 Å². The number of nitrogens with zero attached hydrogens (tertiary/aromatic N) is 2. The van der Waals surface area contributed by atoms with Crippen LogP contribution in [0.3, 0.4) is 0 Å². The zero-order chi connectivity index (χ0) is 14.2. The Kier molecular flexibility index (Phi) is 3.28. The van der Waals surface area contributed by atoms with Crippen molar-refractivity contribution >= 4 is 0 Å². The Morgan fingerprint density at radius 1 is 1.14 bits per heavy atom. The summed E-state index contributed by atoms with van der Waals surface area (Å²) in [6.45, 7) is 0.863. The van der Waals surface area contributed by atoms with Gasteiger partial charge < -0.3 is 10.3 Å². The van der Waals surface area contributed by atoms with Crippen molar-refractivity contribution in [1.29, 1.82) is 0 Å². The van der Waals surface area contributed by atoms with Gasteiger partial charge in [-0.2, -0.15) is 0 Å². The SMILES string of the molecule is NC1CC2CCC(C1)N2Cc1cc(-c2ccccc2)no1. The highest BCUT2D eigenvalue weighted by molar-refractivity contribution is 5.58. The second kappa shape index (κ2) is 5.28. The van der Waals surface area contributed by atoms with E-state index in [-0.39, 0.29) is 0 Å². The maximum Gasteiger partial charge on any atom is 0.151 e. The molecule has 0 saturated carbocycles. The minimum absolute atomic E-state index is 0.383. The predicted octanol–water partition coefficient (Wildman–Crippen LogP) is 2.80. The maximum atomic E-state index is 6.13. The molecule has 2 aliphatic heterocycles. The van der Waals surface area contributed by atoms with E-state index in [4.69, 9.17) is 10.3 Å². The summed E-state index contributed by atoms with van der Waals surface area (Å²) < 4.78 is 5.55. The summed E-state index contributed by atoms with van der Waals surface area (Å²) in [5.41, 5.74) is 8.16. The first-order valence-corrected chi connectivity index (χ1v) is 7.82.